The van der Waals surface area contributed by atoms with Crippen molar-refractivity contribution in [3.63, 3.8) is 0 Å². The molecule has 66 heavy (non-hydrogen) atoms. The lowest BCUT2D eigenvalue weighted by molar-refractivity contribution is 0.919. The Balaban J connectivity index is 1.21. The van der Waals surface area contributed by atoms with Gasteiger partial charge in [0.2, 0.25) is 5.95 Å². The molecule has 320 valence electrons. The minimum absolute atomic E-state index is 0.0359. The van der Waals surface area contributed by atoms with Gasteiger partial charge in [-0.1, -0.05) is 187 Å². The highest BCUT2D eigenvalue weighted by atomic mass is 15.3. The first-order chi connectivity index (χ1) is 32.2. The average molecular weight is 853 g/mol. The highest BCUT2D eigenvalue weighted by Gasteiger charge is 2.26. The van der Waals surface area contributed by atoms with Gasteiger partial charge in [-0.25, -0.2) is 4.98 Å². The van der Waals surface area contributed by atoms with E-state index >= 15 is 0 Å². The van der Waals surface area contributed by atoms with Crippen LogP contribution >= 0.6 is 0 Å². The van der Waals surface area contributed by atoms with Crippen LogP contribution in [0.25, 0.3) is 55.8 Å². The van der Waals surface area contributed by atoms with Gasteiger partial charge in [0.1, 0.15) is 0 Å². The Morgan fingerprint density at radius 1 is 0.364 bits per heavy atom. The van der Waals surface area contributed by atoms with E-state index in [1.54, 1.807) is 0 Å². The first-order valence-electron chi connectivity index (χ1n) is 22.8. The van der Waals surface area contributed by atoms with Crippen LogP contribution in [0.3, 0.4) is 0 Å². The maximum absolute atomic E-state index is 5.49. The number of rotatable bonds is 10. The molecule has 4 nitrogen and oxygen atoms in total. The molecule has 1 aromatic heterocycles. The van der Waals surface area contributed by atoms with Crippen molar-refractivity contribution in [2.45, 2.75) is 47.5 Å². The summed E-state index contributed by atoms with van der Waals surface area (Å²) in [5.74, 6) is 1.76. The van der Waals surface area contributed by atoms with E-state index in [2.05, 4.69) is 228 Å². The molecule has 0 atom stereocenters. The van der Waals surface area contributed by atoms with Crippen LogP contribution in [0.2, 0.25) is 0 Å². The lowest BCUT2D eigenvalue weighted by atomic mass is 9.77. The Morgan fingerprint density at radius 2 is 0.848 bits per heavy atom. The van der Waals surface area contributed by atoms with E-state index < -0.39 is 0 Å². The molecule has 9 aromatic carbocycles. The standard InChI is InChI=1S/C62H52N4/c1-40-35-42(3)56(43(4)36-40)59(57-44(5)37-41(2)38-45(57)6)49-31-33-52(34-32-49)66(53-28-16-27-51(39-53)46-19-10-7-11-20-46)62-64-60(50-23-14-9-15-24-50)63-61(65-62)55-30-18-26-48-25-17-29-54(58(48)55)47-21-12-8-13-22-47/h7-39,59H,1-6H3. The van der Waals surface area contributed by atoms with E-state index in [1.165, 1.54) is 50.1 Å². The highest BCUT2D eigenvalue weighted by Crippen LogP contribution is 2.43. The molecule has 0 aliphatic rings. The summed E-state index contributed by atoms with van der Waals surface area (Å²) in [6, 6.07) is 71.3. The number of anilines is 3. The lowest BCUT2D eigenvalue weighted by Crippen LogP contribution is -2.16. The zero-order valence-corrected chi connectivity index (χ0v) is 38.4. The molecule has 4 heteroatoms. The van der Waals surface area contributed by atoms with Crippen LogP contribution in [0.1, 0.15) is 56.0 Å². The fourth-order valence-electron chi connectivity index (χ4n) is 10.1. The molecule has 0 unspecified atom stereocenters. The van der Waals surface area contributed by atoms with Crippen LogP contribution in [-0.2, 0) is 0 Å². The summed E-state index contributed by atoms with van der Waals surface area (Å²) in [5, 5.41) is 2.21. The van der Waals surface area contributed by atoms with Gasteiger partial charge in [0.05, 0.1) is 0 Å². The molecule has 0 aliphatic heterocycles. The predicted octanol–water partition coefficient (Wildman–Crippen LogP) is 16.2. The van der Waals surface area contributed by atoms with Gasteiger partial charge < -0.3 is 0 Å². The van der Waals surface area contributed by atoms with Gasteiger partial charge in [0.15, 0.2) is 11.6 Å². The number of aryl methyl sites for hydroxylation is 6. The maximum atomic E-state index is 5.49. The summed E-state index contributed by atoms with van der Waals surface area (Å²) < 4.78 is 0. The van der Waals surface area contributed by atoms with Gasteiger partial charge in [-0.05, 0) is 132 Å². The Labute approximate surface area is 389 Å². The Kier molecular flexibility index (Phi) is 11.4. The zero-order chi connectivity index (χ0) is 45.3. The molecule has 0 fully saturated rings. The third-order valence-electron chi connectivity index (χ3n) is 12.8. The molecule has 0 aliphatic carbocycles. The summed E-state index contributed by atoms with van der Waals surface area (Å²) in [5.41, 5.74) is 19.9. The summed E-state index contributed by atoms with van der Waals surface area (Å²) in [6.07, 6.45) is 0. The molecule has 0 spiro atoms. The monoisotopic (exact) mass is 852 g/mol. The number of fused-ring (bicyclic) bond motifs is 1. The van der Waals surface area contributed by atoms with E-state index in [1.807, 2.05) is 18.2 Å². The Morgan fingerprint density at radius 3 is 1.42 bits per heavy atom. The van der Waals surface area contributed by atoms with Gasteiger partial charge in [0.25, 0.3) is 0 Å². The average Bonchev–Trinajstić information content (AvgIpc) is 3.34. The third-order valence-corrected chi connectivity index (χ3v) is 12.8. The molecule has 0 radical (unpaired) electrons. The molecule has 0 saturated heterocycles. The normalized spacial score (nSPS) is 11.3. The second-order valence-corrected chi connectivity index (χ2v) is 17.6. The molecule has 1 heterocycles. The highest BCUT2D eigenvalue weighted by molar-refractivity contribution is 6.05. The number of aromatic nitrogens is 3. The summed E-state index contributed by atoms with van der Waals surface area (Å²) in [6.45, 7) is 13.4. The van der Waals surface area contributed by atoms with Crippen molar-refractivity contribution >= 4 is 28.1 Å². The van der Waals surface area contributed by atoms with E-state index in [0.29, 0.717) is 17.6 Å². The van der Waals surface area contributed by atoms with E-state index in [-0.39, 0.29) is 5.92 Å². The summed E-state index contributed by atoms with van der Waals surface area (Å²) >= 11 is 0. The summed E-state index contributed by atoms with van der Waals surface area (Å²) in [4.78, 5) is 18.3. The fraction of sp³-hybridized carbons (Fsp3) is 0.113. The van der Waals surface area contributed by atoms with E-state index in [4.69, 9.17) is 15.0 Å². The second-order valence-electron chi connectivity index (χ2n) is 17.6. The number of hydrogen-bond acceptors (Lipinski definition) is 4. The van der Waals surface area contributed by atoms with Crippen molar-refractivity contribution in [3.05, 3.63) is 250 Å². The van der Waals surface area contributed by atoms with Gasteiger partial charge in [-0.15, -0.1) is 0 Å². The predicted molar refractivity (Wildman–Crippen MR) is 276 cm³/mol. The van der Waals surface area contributed by atoms with Crippen molar-refractivity contribution < 1.29 is 0 Å². The Bertz CT molecular complexity index is 3250. The smallest absolute Gasteiger partial charge is 0.238 e. The van der Waals surface area contributed by atoms with Crippen molar-refractivity contribution in [1.29, 1.82) is 0 Å². The van der Waals surface area contributed by atoms with Crippen LogP contribution < -0.4 is 4.90 Å². The largest absolute Gasteiger partial charge is 0.279 e. The number of benzene rings is 9. The van der Waals surface area contributed by atoms with Crippen LogP contribution in [-0.4, -0.2) is 15.0 Å². The molecular weight excluding hydrogens is 801 g/mol. The Hall–Kier alpha value is -7.95. The van der Waals surface area contributed by atoms with Gasteiger partial charge in [0, 0.05) is 33.8 Å². The van der Waals surface area contributed by atoms with Gasteiger partial charge >= 0.3 is 0 Å². The third kappa shape index (κ3) is 8.19. The molecule has 0 N–H and O–H groups in total. The maximum Gasteiger partial charge on any atom is 0.238 e. The van der Waals surface area contributed by atoms with Gasteiger partial charge in [-0.3, -0.25) is 4.90 Å². The topological polar surface area (TPSA) is 41.9 Å². The fourth-order valence-corrected chi connectivity index (χ4v) is 10.1. The van der Waals surface area contributed by atoms with Crippen LogP contribution in [0.5, 0.6) is 0 Å². The minimum atomic E-state index is 0.0359. The molecule has 0 saturated carbocycles. The van der Waals surface area contributed by atoms with Crippen molar-refractivity contribution in [2.24, 2.45) is 0 Å². The minimum Gasteiger partial charge on any atom is -0.279 e. The molecule has 0 bridgehead atoms. The van der Waals surface area contributed by atoms with E-state index in [0.717, 1.165) is 55.5 Å². The van der Waals surface area contributed by atoms with Crippen molar-refractivity contribution in [1.82, 2.24) is 15.0 Å². The number of hydrogen-bond donors (Lipinski definition) is 0. The van der Waals surface area contributed by atoms with Crippen LogP contribution in [0.15, 0.2) is 200 Å². The second kappa shape index (κ2) is 17.9. The number of nitrogens with zero attached hydrogens (tertiary/aromatic N) is 4. The SMILES string of the molecule is Cc1cc(C)c(C(c2ccc(N(c3cccc(-c4ccccc4)c3)c3nc(-c4ccccc4)nc(-c4cccc5cccc(-c6ccccc6)c45)n3)cc2)c2c(C)cc(C)cc2C)c(C)c1. The van der Waals surface area contributed by atoms with Crippen molar-refractivity contribution in [3.8, 4) is 45.0 Å². The van der Waals surface area contributed by atoms with Crippen LogP contribution in [0, 0.1) is 41.5 Å². The zero-order valence-electron chi connectivity index (χ0n) is 38.4. The lowest BCUT2D eigenvalue weighted by Gasteiger charge is -2.28. The first-order valence-corrected chi connectivity index (χ1v) is 22.8. The molecule has 10 rings (SSSR count). The first kappa shape index (κ1) is 42.0. The van der Waals surface area contributed by atoms with E-state index in [9.17, 15) is 0 Å². The van der Waals surface area contributed by atoms with Crippen LogP contribution in [0.4, 0.5) is 17.3 Å². The summed E-state index contributed by atoms with van der Waals surface area (Å²) in [7, 11) is 0. The molecule has 10 aromatic rings. The van der Waals surface area contributed by atoms with Crippen molar-refractivity contribution in [2.75, 3.05) is 4.90 Å². The van der Waals surface area contributed by atoms with Gasteiger partial charge in [-0.2, -0.15) is 9.97 Å². The molecule has 0 amide bonds. The quantitative estimate of drug-likeness (QED) is 0.129. The molecular formula is C62H52N4.